The Morgan fingerprint density at radius 3 is 1.95 bits per heavy atom. The molecule has 126 valence electrons. The molecule has 1 aromatic carbocycles. The summed E-state index contributed by atoms with van der Waals surface area (Å²) in [4.78, 5) is 0. The molecule has 0 N–H and O–H groups in total. The topological polar surface area (TPSA) is 55.4 Å². The molecule has 0 aliphatic heterocycles. The maximum atomic E-state index is 5.83. The molecule has 7 heteroatoms. The molecule has 0 aliphatic carbocycles. The van der Waals surface area contributed by atoms with E-state index in [1.165, 1.54) is 0 Å². The molecule has 1 aromatic rings. The third-order valence-electron chi connectivity index (χ3n) is 2.62. The van der Waals surface area contributed by atoms with Gasteiger partial charge in [0.05, 0.1) is 26.4 Å². The van der Waals surface area contributed by atoms with Crippen LogP contribution in [-0.2, 0) is 24.8 Å². The second-order valence-electron chi connectivity index (χ2n) is 4.24. The molecule has 0 spiro atoms. The fourth-order valence-corrected chi connectivity index (χ4v) is 1.65. The van der Waals surface area contributed by atoms with E-state index in [-0.39, 0.29) is 13.6 Å². The van der Waals surface area contributed by atoms with E-state index in [0.717, 1.165) is 5.56 Å². The largest absolute Gasteiger partial charge is 0.464 e. The van der Waals surface area contributed by atoms with Crippen LogP contribution in [-0.4, -0.2) is 54.2 Å². The fraction of sp³-hybridized carbons (Fsp3) is 0.600. The van der Waals surface area contributed by atoms with Crippen molar-refractivity contribution in [1.82, 2.24) is 0 Å². The summed E-state index contributed by atoms with van der Waals surface area (Å²) in [7, 11) is 3.23. The van der Waals surface area contributed by atoms with Gasteiger partial charge in [-0.05, 0) is 17.7 Å². The molecular formula is C15H23ClO6. The van der Waals surface area contributed by atoms with Gasteiger partial charge in [-0.2, -0.15) is 0 Å². The Morgan fingerprint density at radius 1 is 0.818 bits per heavy atom. The molecule has 0 amide bonds. The highest BCUT2D eigenvalue weighted by atomic mass is 35.5. The van der Waals surface area contributed by atoms with Gasteiger partial charge in [0.2, 0.25) is 0 Å². The summed E-state index contributed by atoms with van der Waals surface area (Å²) < 4.78 is 31.4. The fourth-order valence-electron chi connectivity index (χ4n) is 1.48. The zero-order chi connectivity index (χ0) is 16.0. The van der Waals surface area contributed by atoms with Gasteiger partial charge >= 0.3 is 0 Å². The van der Waals surface area contributed by atoms with Crippen molar-refractivity contribution in [3.8, 4) is 11.5 Å². The SMILES string of the molecule is COCCOCOc1ccc(CCl)cc1OCOCCOC. The van der Waals surface area contributed by atoms with Gasteiger partial charge in [-0.25, -0.2) is 0 Å². The quantitative estimate of drug-likeness (QED) is 0.314. The molecule has 0 fully saturated rings. The van der Waals surface area contributed by atoms with Crippen molar-refractivity contribution in [2.24, 2.45) is 0 Å². The predicted octanol–water partition coefficient (Wildman–Crippen LogP) is 2.42. The minimum absolute atomic E-state index is 0.107. The zero-order valence-electron chi connectivity index (χ0n) is 13.0. The van der Waals surface area contributed by atoms with Gasteiger partial charge in [-0.1, -0.05) is 6.07 Å². The molecule has 0 atom stereocenters. The number of hydrogen-bond donors (Lipinski definition) is 0. The molecule has 0 bridgehead atoms. The van der Waals surface area contributed by atoms with Crippen molar-refractivity contribution in [3.05, 3.63) is 23.8 Å². The number of halogens is 1. The van der Waals surface area contributed by atoms with Gasteiger partial charge in [0.15, 0.2) is 25.1 Å². The molecule has 0 radical (unpaired) electrons. The van der Waals surface area contributed by atoms with Crippen LogP contribution in [0.25, 0.3) is 0 Å². The first-order chi connectivity index (χ1) is 10.8. The minimum atomic E-state index is 0.107. The number of methoxy groups -OCH3 is 2. The lowest BCUT2D eigenvalue weighted by Crippen LogP contribution is -2.10. The highest BCUT2D eigenvalue weighted by molar-refractivity contribution is 6.17. The summed E-state index contributed by atoms with van der Waals surface area (Å²) in [6.45, 7) is 2.18. The van der Waals surface area contributed by atoms with Crippen LogP contribution in [0.3, 0.4) is 0 Å². The number of ether oxygens (including phenoxy) is 6. The Kier molecular flexibility index (Phi) is 10.8. The minimum Gasteiger partial charge on any atom is -0.464 e. The number of rotatable bonds is 13. The standard InChI is InChI=1S/C15H23ClO6/c1-17-5-7-19-11-21-14-4-3-13(10-16)9-15(14)22-12-20-8-6-18-2/h3-4,9H,5-8,10-12H2,1-2H3. The lowest BCUT2D eigenvalue weighted by atomic mass is 10.2. The molecule has 0 heterocycles. The smallest absolute Gasteiger partial charge is 0.189 e. The molecule has 0 aliphatic rings. The summed E-state index contributed by atoms with van der Waals surface area (Å²) in [5.41, 5.74) is 0.932. The van der Waals surface area contributed by atoms with Crippen molar-refractivity contribution in [2.45, 2.75) is 5.88 Å². The first-order valence-electron chi connectivity index (χ1n) is 6.89. The summed E-state index contributed by atoms with van der Waals surface area (Å²) in [5.74, 6) is 1.53. The average Bonchev–Trinajstić information content (AvgIpc) is 2.55. The van der Waals surface area contributed by atoms with Crippen LogP contribution in [0.2, 0.25) is 0 Å². The van der Waals surface area contributed by atoms with Gasteiger partial charge in [0.1, 0.15) is 0 Å². The molecule has 1 rings (SSSR count). The average molecular weight is 335 g/mol. The third-order valence-corrected chi connectivity index (χ3v) is 2.93. The Morgan fingerprint density at radius 2 is 1.41 bits per heavy atom. The van der Waals surface area contributed by atoms with Crippen LogP contribution >= 0.6 is 11.6 Å². The lowest BCUT2D eigenvalue weighted by Gasteiger charge is -2.14. The van der Waals surface area contributed by atoms with Crippen LogP contribution in [0.15, 0.2) is 18.2 Å². The number of alkyl halides is 1. The summed E-state index contributed by atoms with van der Waals surface area (Å²) in [6, 6.07) is 5.48. The first kappa shape index (κ1) is 19.0. The highest BCUT2D eigenvalue weighted by Gasteiger charge is 2.07. The van der Waals surface area contributed by atoms with Gasteiger partial charge < -0.3 is 28.4 Å². The Hall–Kier alpha value is -1.05. The molecule has 22 heavy (non-hydrogen) atoms. The lowest BCUT2D eigenvalue weighted by molar-refractivity contribution is -0.0207. The highest BCUT2D eigenvalue weighted by Crippen LogP contribution is 2.29. The van der Waals surface area contributed by atoms with Crippen molar-refractivity contribution in [1.29, 1.82) is 0 Å². The van der Waals surface area contributed by atoms with Crippen molar-refractivity contribution >= 4 is 11.6 Å². The maximum absolute atomic E-state index is 5.83. The van der Waals surface area contributed by atoms with E-state index in [1.54, 1.807) is 20.3 Å². The molecule has 0 saturated heterocycles. The summed E-state index contributed by atoms with van der Waals surface area (Å²) >= 11 is 5.83. The predicted molar refractivity (Wildman–Crippen MR) is 82.6 cm³/mol. The van der Waals surface area contributed by atoms with Gasteiger partial charge in [-0.3, -0.25) is 0 Å². The van der Waals surface area contributed by atoms with E-state index in [2.05, 4.69) is 0 Å². The van der Waals surface area contributed by atoms with Crippen molar-refractivity contribution in [2.75, 3.05) is 54.2 Å². The van der Waals surface area contributed by atoms with Crippen LogP contribution < -0.4 is 9.47 Å². The summed E-state index contributed by atoms with van der Waals surface area (Å²) in [5, 5.41) is 0. The first-order valence-corrected chi connectivity index (χ1v) is 7.43. The molecule has 0 saturated carbocycles. The second-order valence-corrected chi connectivity index (χ2v) is 4.51. The summed E-state index contributed by atoms with van der Waals surface area (Å²) in [6.07, 6.45) is 0. The van der Waals surface area contributed by atoms with E-state index in [4.69, 9.17) is 40.0 Å². The Bertz CT molecular complexity index is 402. The van der Waals surface area contributed by atoms with E-state index >= 15 is 0 Å². The third kappa shape index (κ3) is 7.82. The van der Waals surface area contributed by atoms with E-state index in [0.29, 0.717) is 43.8 Å². The Labute approximate surface area is 136 Å². The van der Waals surface area contributed by atoms with Gasteiger partial charge in [-0.15, -0.1) is 11.6 Å². The van der Waals surface area contributed by atoms with Crippen LogP contribution in [0.5, 0.6) is 11.5 Å². The normalized spacial score (nSPS) is 10.7. The number of hydrogen-bond acceptors (Lipinski definition) is 6. The van der Waals surface area contributed by atoms with Crippen molar-refractivity contribution < 1.29 is 28.4 Å². The van der Waals surface area contributed by atoms with Crippen molar-refractivity contribution in [3.63, 3.8) is 0 Å². The number of benzene rings is 1. The zero-order valence-corrected chi connectivity index (χ0v) is 13.8. The van der Waals surface area contributed by atoms with E-state index in [1.807, 2.05) is 12.1 Å². The maximum Gasteiger partial charge on any atom is 0.189 e. The molecule has 0 unspecified atom stereocenters. The Balaban J connectivity index is 2.47. The van der Waals surface area contributed by atoms with Gasteiger partial charge in [0.25, 0.3) is 0 Å². The van der Waals surface area contributed by atoms with Gasteiger partial charge in [0, 0.05) is 20.1 Å². The monoisotopic (exact) mass is 334 g/mol. The van der Waals surface area contributed by atoms with Crippen LogP contribution in [0.4, 0.5) is 0 Å². The second kappa shape index (κ2) is 12.5. The van der Waals surface area contributed by atoms with Crippen LogP contribution in [0, 0.1) is 0 Å². The van der Waals surface area contributed by atoms with E-state index in [9.17, 15) is 0 Å². The molecule has 0 aromatic heterocycles. The van der Waals surface area contributed by atoms with Crippen LogP contribution in [0.1, 0.15) is 5.56 Å². The van der Waals surface area contributed by atoms with E-state index < -0.39 is 0 Å². The molecule has 6 nitrogen and oxygen atoms in total. The molecular weight excluding hydrogens is 312 g/mol.